The minimum atomic E-state index is -0.763. The maximum atomic E-state index is 12.3. The van der Waals surface area contributed by atoms with Crippen LogP contribution in [0.4, 0.5) is 0 Å². The van der Waals surface area contributed by atoms with E-state index in [0.29, 0.717) is 12.8 Å². The van der Waals surface area contributed by atoms with Crippen LogP contribution in [0, 0.1) is 0 Å². The molecular formula is C54H106O5. The van der Waals surface area contributed by atoms with Crippen molar-refractivity contribution >= 4 is 11.9 Å². The summed E-state index contributed by atoms with van der Waals surface area (Å²) in [6, 6.07) is 0. The van der Waals surface area contributed by atoms with Gasteiger partial charge in [0.2, 0.25) is 0 Å². The third-order valence-corrected chi connectivity index (χ3v) is 12.7. The maximum Gasteiger partial charge on any atom is 0.306 e. The van der Waals surface area contributed by atoms with Crippen molar-refractivity contribution in [1.29, 1.82) is 0 Å². The van der Waals surface area contributed by atoms with Crippen molar-refractivity contribution in [2.45, 2.75) is 322 Å². The average molecular weight is 835 g/mol. The fraction of sp³-hybridized carbons (Fsp3) is 0.963. The van der Waals surface area contributed by atoms with Crippen molar-refractivity contribution in [2.24, 2.45) is 0 Å². The molecule has 0 heterocycles. The minimum Gasteiger partial charge on any atom is -0.462 e. The van der Waals surface area contributed by atoms with Crippen LogP contribution >= 0.6 is 0 Å². The number of carbonyl (C=O) groups excluding carboxylic acids is 2. The molecule has 0 aromatic heterocycles. The lowest BCUT2D eigenvalue weighted by molar-refractivity contribution is -0.161. The highest BCUT2D eigenvalue weighted by atomic mass is 16.6. The van der Waals surface area contributed by atoms with E-state index in [1.54, 1.807) is 0 Å². The Labute approximate surface area is 369 Å². The lowest BCUT2D eigenvalue weighted by Crippen LogP contribution is -2.28. The van der Waals surface area contributed by atoms with E-state index in [0.717, 1.165) is 32.1 Å². The zero-order valence-corrected chi connectivity index (χ0v) is 40.3. The number of hydrogen-bond acceptors (Lipinski definition) is 5. The lowest BCUT2D eigenvalue weighted by Gasteiger charge is -2.15. The molecule has 0 aromatic carbocycles. The monoisotopic (exact) mass is 835 g/mol. The zero-order valence-electron chi connectivity index (χ0n) is 40.3. The normalized spacial score (nSPS) is 12.0. The number of esters is 2. The molecule has 0 fully saturated rings. The molecule has 0 saturated carbocycles. The second-order valence-corrected chi connectivity index (χ2v) is 18.7. The Bertz CT molecular complexity index is 815. The highest BCUT2D eigenvalue weighted by Gasteiger charge is 2.16. The van der Waals surface area contributed by atoms with Gasteiger partial charge in [0, 0.05) is 12.8 Å². The molecule has 0 amide bonds. The van der Waals surface area contributed by atoms with E-state index in [4.69, 9.17) is 9.47 Å². The summed E-state index contributed by atoms with van der Waals surface area (Å²) in [5.41, 5.74) is 0. The molecule has 0 aliphatic heterocycles. The highest BCUT2D eigenvalue weighted by molar-refractivity contribution is 5.70. The third kappa shape index (κ3) is 49.4. The highest BCUT2D eigenvalue weighted by Crippen LogP contribution is 2.18. The Kier molecular flexibility index (Phi) is 50.3. The van der Waals surface area contributed by atoms with E-state index in [1.807, 2.05) is 0 Å². The van der Waals surface area contributed by atoms with Gasteiger partial charge in [0.1, 0.15) is 6.61 Å². The number of hydrogen-bond donors (Lipinski definition) is 1. The summed E-state index contributed by atoms with van der Waals surface area (Å²) in [7, 11) is 0. The van der Waals surface area contributed by atoms with E-state index >= 15 is 0 Å². The summed E-state index contributed by atoms with van der Waals surface area (Å²) < 4.78 is 10.7. The summed E-state index contributed by atoms with van der Waals surface area (Å²) >= 11 is 0. The topological polar surface area (TPSA) is 72.8 Å². The average Bonchev–Trinajstić information content (AvgIpc) is 3.24. The Morgan fingerprint density at radius 1 is 0.322 bits per heavy atom. The molecule has 59 heavy (non-hydrogen) atoms. The van der Waals surface area contributed by atoms with Crippen molar-refractivity contribution in [3.63, 3.8) is 0 Å². The van der Waals surface area contributed by atoms with Crippen LogP contribution in [0.1, 0.15) is 316 Å². The first-order valence-electron chi connectivity index (χ1n) is 27.1. The van der Waals surface area contributed by atoms with E-state index in [-0.39, 0.29) is 25.2 Å². The summed E-state index contributed by atoms with van der Waals surface area (Å²) in [5, 5.41) is 9.64. The number of ether oxygens (including phenoxy) is 2. The summed E-state index contributed by atoms with van der Waals surface area (Å²) in [6.45, 7) is 4.21. The molecule has 352 valence electrons. The number of carbonyl (C=O) groups is 2. The predicted molar refractivity (Wildman–Crippen MR) is 256 cm³/mol. The molecule has 0 spiro atoms. The Morgan fingerprint density at radius 3 is 0.746 bits per heavy atom. The number of unbranched alkanes of at least 4 members (excludes halogenated alkanes) is 43. The van der Waals surface area contributed by atoms with E-state index < -0.39 is 6.10 Å². The molecule has 0 aliphatic carbocycles. The van der Waals surface area contributed by atoms with Crippen LogP contribution in [0.2, 0.25) is 0 Å². The lowest BCUT2D eigenvalue weighted by atomic mass is 10.0. The van der Waals surface area contributed by atoms with Gasteiger partial charge >= 0.3 is 11.9 Å². The summed E-state index contributed by atoms with van der Waals surface area (Å²) in [5.74, 6) is -0.564. The minimum absolute atomic E-state index is 0.0558. The van der Waals surface area contributed by atoms with Gasteiger partial charge in [0.25, 0.3) is 0 Å². The van der Waals surface area contributed by atoms with Crippen molar-refractivity contribution in [1.82, 2.24) is 0 Å². The van der Waals surface area contributed by atoms with E-state index in [1.165, 1.54) is 257 Å². The molecule has 0 radical (unpaired) electrons. The second kappa shape index (κ2) is 51.3. The third-order valence-electron chi connectivity index (χ3n) is 12.7. The van der Waals surface area contributed by atoms with Crippen LogP contribution in [0.15, 0.2) is 0 Å². The second-order valence-electron chi connectivity index (χ2n) is 18.7. The molecule has 0 rings (SSSR count). The van der Waals surface area contributed by atoms with Crippen molar-refractivity contribution in [3.8, 4) is 0 Å². The molecule has 0 aromatic rings. The molecule has 1 unspecified atom stereocenters. The zero-order chi connectivity index (χ0) is 42.8. The van der Waals surface area contributed by atoms with Crippen LogP contribution < -0.4 is 0 Å². The number of aliphatic hydroxyl groups excluding tert-OH is 1. The SMILES string of the molecule is CCCCCCCCCCCCCCCCCCCCCCCCCCC(=O)OC(CO)COC(=O)CCCCCCCCCCCCCCCCCCCCCCC. The summed E-state index contributed by atoms with van der Waals surface area (Å²) in [4.78, 5) is 24.5. The molecule has 1 atom stereocenters. The Hall–Kier alpha value is -1.10. The molecular weight excluding hydrogens is 729 g/mol. The van der Waals surface area contributed by atoms with Gasteiger partial charge in [-0.05, 0) is 12.8 Å². The smallest absolute Gasteiger partial charge is 0.306 e. The fourth-order valence-corrected chi connectivity index (χ4v) is 8.56. The molecule has 1 N–H and O–H groups in total. The molecule has 5 heteroatoms. The molecule has 0 aliphatic rings. The van der Waals surface area contributed by atoms with Gasteiger partial charge in [0.05, 0.1) is 6.61 Å². The maximum absolute atomic E-state index is 12.3. The van der Waals surface area contributed by atoms with E-state index in [9.17, 15) is 14.7 Å². The van der Waals surface area contributed by atoms with Crippen molar-refractivity contribution in [2.75, 3.05) is 13.2 Å². The van der Waals surface area contributed by atoms with Crippen molar-refractivity contribution in [3.05, 3.63) is 0 Å². The van der Waals surface area contributed by atoms with Gasteiger partial charge in [-0.25, -0.2) is 0 Å². The van der Waals surface area contributed by atoms with Gasteiger partial charge < -0.3 is 14.6 Å². The molecule has 0 bridgehead atoms. The fourth-order valence-electron chi connectivity index (χ4n) is 8.56. The largest absolute Gasteiger partial charge is 0.462 e. The molecule has 0 saturated heterocycles. The van der Waals surface area contributed by atoms with Crippen molar-refractivity contribution < 1.29 is 24.2 Å². The Morgan fingerprint density at radius 2 is 0.525 bits per heavy atom. The quantitative estimate of drug-likeness (QED) is 0.0488. The van der Waals surface area contributed by atoms with Crippen LogP contribution in [-0.4, -0.2) is 36.4 Å². The first-order chi connectivity index (χ1) is 29.1. The number of rotatable bonds is 51. The van der Waals surface area contributed by atoms with Crippen LogP contribution in [0.25, 0.3) is 0 Å². The van der Waals surface area contributed by atoms with Gasteiger partial charge in [-0.3, -0.25) is 9.59 Å². The number of aliphatic hydroxyl groups is 1. The van der Waals surface area contributed by atoms with E-state index in [2.05, 4.69) is 13.8 Å². The molecule has 5 nitrogen and oxygen atoms in total. The first kappa shape index (κ1) is 57.9. The van der Waals surface area contributed by atoms with Gasteiger partial charge in [-0.2, -0.15) is 0 Å². The van der Waals surface area contributed by atoms with Gasteiger partial charge in [-0.1, -0.05) is 290 Å². The van der Waals surface area contributed by atoms with Gasteiger partial charge in [0.15, 0.2) is 6.10 Å². The first-order valence-corrected chi connectivity index (χ1v) is 27.1. The van der Waals surface area contributed by atoms with Gasteiger partial charge in [-0.15, -0.1) is 0 Å². The van der Waals surface area contributed by atoms with Crippen LogP contribution in [-0.2, 0) is 19.1 Å². The standard InChI is InChI=1S/C54H106O5/c1-3-5-7-9-11-13-15-17-19-21-23-25-26-27-29-31-33-35-37-39-41-43-45-47-49-54(57)59-52(50-55)51-58-53(56)48-46-44-42-40-38-36-34-32-30-28-24-22-20-18-16-14-12-10-8-6-4-2/h52,55H,3-51H2,1-2H3. The Balaban J connectivity index is 3.41. The van der Waals surface area contributed by atoms with Crippen LogP contribution in [0.5, 0.6) is 0 Å². The predicted octanol–water partition coefficient (Wildman–Crippen LogP) is 17.8. The van der Waals surface area contributed by atoms with Crippen LogP contribution in [0.3, 0.4) is 0 Å². The summed E-state index contributed by atoms with van der Waals surface area (Å²) in [6.07, 6.45) is 60.7.